The van der Waals surface area contributed by atoms with Crippen LogP contribution in [0, 0.1) is 18.3 Å². The molecule has 3 nitrogen and oxygen atoms in total. The molecule has 0 aromatic heterocycles. The van der Waals surface area contributed by atoms with E-state index in [0.717, 1.165) is 18.7 Å². The first-order chi connectivity index (χ1) is 8.74. The second-order valence-corrected chi connectivity index (χ2v) is 5.03. The third-order valence-electron chi connectivity index (χ3n) is 3.82. The van der Waals surface area contributed by atoms with Gasteiger partial charge >= 0.3 is 0 Å². The lowest BCUT2D eigenvalue weighted by Crippen LogP contribution is -2.41. The fourth-order valence-electron chi connectivity index (χ4n) is 2.43. The first-order valence-corrected chi connectivity index (χ1v) is 6.59. The number of aliphatic hydroxyl groups is 1. The first kappa shape index (κ1) is 13.1. The van der Waals surface area contributed by atoms with Crippen molar-refractivity contribution < 1.29 is 5.11 Å². The highest BCUT2D eigenvalue weighted by Crippen LogP contribution is 2.26. The molecule has 0 saturated heterocycles. The van der Waals surface area contributed by atoms with E-state index < -0.39 is 0 Å². The molecule has 96 valence electrons. The standard InChI is InChI=1S/C15H20N2O/c1-12-9-13(10-16)5-6-14(12)11-17(7-8-18)15-3-2-4-15/h5-6,9,15,18H,2-4,7-8,11H2,1H3. The second kappa shape index (κ2) is 5.99. The fourth-order valence-corrected chi connectivity index (χ4v) is 2.43. The van der Waals surface area contributed by atoms with Gasteiger partial charge in [0.15, 0.2) is 0 Å². The third kappa shape index (κ3) is 2.90. The van der Waals surface area contributed by atoms with Crippen LogP contribution in [0.5, 0.6) is 0 Å². The highest BCUT2D eigenvalue weighted by Gasteiger charge is 2.24. The number of benzene rings is 1. The quantitative estimate of drug-likeness (QED) is 0.864. The molecule has 2 rings (SSSR count). The van der Waals surface area contributed by atoms with E-state index in [9.17, 15) is 0 Å². The number of aryl methyl sites for hydroxylation is 1. The number of aliphatic hydroxyl groups excluding tert-OH is 1. The van der Waals surface area contributed by atoms with Crippen LogP contribution in [0.2, 0.25) is 0 Å². The summed E-state index contributed by atoms with van der Waals surface area (Å²) in [6.07, 6.45) is 3.80. The Balaban J connectivity index is 2.08. The Kier molecular flexibility index (Phi) is 4.35. The Morgan fingerprint density at radius 1 is 1.44 bits per heavy atom. The van der Waals surface area contributed by atoms with Crippen molar-refractivity contribution in [3.05, 3.63) is 34.9 Å². The minimum absolute atomic E-state index is 0.214. The minimum atomic E-state index is 0.214. The summed E-state index contributed by atoms with van der Waals surface area (Å²) in [7, 11) is 0. The van der Waals surface area contributed by atoms with E-state index in [2.05, 4.69) is 11.0 Å². The van der Waals surface area contributed by atoms with Gasteiger partial charge in [0.25, 0.3) is 0 Å². The van der Waals surface area contributed by atoms with Gasteiger partial charge in [0.2, 0.25) is 0 Å². The smallest absolute Gasteiger partial charge is 0.0991 e. The molecule has 1 aliphatic rings. The monoisotopic (exact) mass is 244 g/mol. The topological polar surface area (TPSA) is 47.3 Å². The largest absolute Gasteiger partial charge is 0.395 e. The summed E-state index contributed by atoms with van der Waals surface area (Å²) in [5.41, 5.74) is 3.14. The molecular formula is C15H20N2O. The molecule has 18 heavy (non-hydrogen) atoms. The van der Waals surface area contributed by atoms with Gasteiger partial charge in [-0.1, -0.05) is 12.5 Å². The molecule has 0 bridgehead atoms. The van der Waals surface area contributed by atoms with E-state index in [1.54, 1.807) is 0 Å². The zero-order valence-corrected chi connectivity index (χ0v) is 10.9. The Morgan fingerprint density at radius 2 is 2.22 bits per heavy atom. The van der Waals surface area contributed by atoms with Gasteiger partial charge < -0.3 is 5.11 Å². The van der Waals surface area contributed by atoms with E-state index in [1.165, 1.54) is 24.8 Å². The van der Waals surface area contributed by atoms with Crippen LogP contribution in [0.4, 0.5) is 0 Å². The van der Waals surface area contributed by atoms with E-state index in [-0.39, 0.29) is 6.61 Å². The molecule has 0 spiro atoms. The molecule has 0 heterocycles. The lowest BCUT2D eigenvalue weighted by Gasteiger charge is -2.37. The van der Waals surface area contributed by atoms with Crippen LogP contribution in [0.1, 0.15) is 36.0 Å². The van der Waals surface area contributed by atoms with Crippen molar-refractivity contribution in [1.82, 2.24) is 4.90 Å². The van der Waals surface area contributed by atoms with E-state index in [4.69, 9.17) is 10.4 Å². The van der Waals surface area contributed by atoms with Gasteiger partial charge in [-0.15, -0.1) is 0 Å². The van der Waals surface area contributed by atoms with Crippen LogP contribution in [-0.2, 0) is 6.54 Å². The Hall–Kier alpha value is -1.37. The molecule has 3 heteroatoms. The maximum Gasteiger partial charge on any atom is 0.0991 e. The predicted molar refractivity (Wildman–Crippen MR) is 71.0 cm³/mol. The van der Waals surface area contributed by atoms with E-state index >= 15 is 0 Å². The van der Waals surface area contributed by atoms with Crippen LogP contribution < -0.4 is 0 Å². The van der Waals surface area contributed by atoms with Gasteiger partial charge in [-0.3, -0.25) is 4.90 Å². The maximum absolute atomic E-state index is 9.15. The minimum Gasteiger partial charge on any atom is -0.395 e. The molecule has 1 fully saturated rings. The molecule has 1 aliphatic carbocycles. The zero-order chi connectivity index (χ0) is 13.0. The number of rotatable bonds is 5. The van der Waals surface area contributed by atoms with Crippen molar-refractivity contribution in [2.75, 3.05) is 13.2 Å². The molecule has 0 atom stereocenters. The summed E-state index contributed by atoms with van der Waals surface area (Å²) in [6.45, 7) is 3.88. The second-order valence-electron chi connectivity index (χ2n) is 5.03. The summed E-state index contributed by atoms with van der Waals surface area (Å²) in [4.78, 5) is 2.36. The molecular weight excluding hydrogens is 224 g/mol. The highest BCUT2D eigenvalue weighted by atomic mass is 16.3. The van der Waals surface area contributed by atoms with Crippen molar-refractivity contribution in [3.63, 3.8) is 0 Å². The van der Waals surface area contributed by atoms with Gasteiger partial charge in [-0.05, 0) is 43.0 Å². The van der Waals surface area contributed by atoms with Crippen LogP contribution in [0.25, 0.3) is 0 Å². The van der Waals surface area contributed by atoms with Crippen LogP contribution >= 0.6 is 0 Å². The first-order valence-electron chi connectivity index (χ1n) is 6.59. The van der Waals surface area contributed by atoms with E-state index in [1.807, 2.05) is 25.1 Å². The Labute approximate surface area is 109 Å². The Morgan fingerprint density at radius 3 is 2.72 bits per heavy atom. The lowest BCUT2D eigenvalue weighted by atomic mass is 9.91. The Bertz CT molecular complexity index is 446. The normalized spacial score (nSPS) is 15.4. The highest BCUT2D eigenvalue weighted by molar-refractivity contribution is 5.37. The van der Waals surface area contributed by atoms with Crippen molar-refractivity contribution in [1.29, 1.82) is 5.26 Å². The summed E-state index contributed by atoms with van der Waals surface area (Å²) in [6, 6.07) is 8.65. The molecule has 1 saturated carbocycles. The molecule has 1 N–H and O–H groups in total. The van der Waals surface area contributed by atoms with Crippen LogP contribution in [0.3, 0.4) is 0 Å². The number of nitrogens with zero attached hydrogens (tertiary/aromatic N) is 2. The van der Waals surface area contributed by atoms with Gasteiger partial charge in [-0.2, -0.15) is 5.26 Å². The fraction of sp³-hybridized carbons (Fsp3) is 0.533. The molecule has 1 aromatic rings. The van der Waals surface area contributed by atoms with Crippen molar-refractivity contribution >= 4 is 0 Å². The van der Waals surface area contributed by atoms with Crippen molar-refractivity contribution in [2.24, 2.45) is 0 Å². The number of hydrogen-bond acceptors (Lipinski definition) is 3. The third-order valence-corrected chi connectivity index (χ3v) is 3.82. The van der Waals surface area contributed by atoms with Gasteiger partial charge in [0.1, 0.15) is 0 Å². The summed E-state index contributed by atoms with van der Waals surface area (Å²) < 4.78 is 0. The lowest BCUT2D eigenvalue weighted by molar-refractivity contribution is 0.0944. The summed E-state index contributed by atoms with van der Waals surface area (Å²) >= 11 is 0. The average Bonchev–Trinajstić information content (AvgIpc) is 2.29. The molecule has 0 unspecified atom stereocenters. The maximum atomic E-state index is 9.15. The average molecular weight is 244 g/mol. The molecule has 0 amide bonds. The van der Waals surface area contributed by atoms with Crippen molar-refractivity contribution in [3.8, 4) is 6.07 Å². The number of hydrogen-bond donors (Lipinski definition) is 1. The van der Waals surface area contributed by atoms with Crippen molar-refractivity contribution in [2.45, 2.75) is 38.8 Å². The summed E-state index contributed by atoms with van der Waals surface area (Å²) in [5.74, 6) is 0. The van der Waals surface area contributed by atoms with E-state index in [0.29, 0.717) is 11.6 Å². The zero-order valence-electron chi connectivity index (χ0n) is 10.9. The van der Waals surface area contributed by atoms with Crippen LogP contribution in [-0.4, -0.2) is 29.2 Å². The predicted octanol–water partition coefficient (Wildman–Crippen LogP) is 2.21. The molecule has 0 radical (unpaired) electrons. The summed E-state index contributed by atoms with van der Waals surface area (Å²) in [5, 5.41) is 18.0. The van der Waals surface area contributed by atoms with Gasteiger partial charge in [-0.25, -0.2) is 0 Å². The van der Waals surface area contributed by atoms with Gasteiger partial charge in [0.05, 0.1) is 18.2 Å². The molecule has 0 aliphatic heterocycles. The van der Waals surface area contributed by atoms with Gasteiger partial charge in [0, 0.05) is 19.1 Å². The molecule has 1 aromatic carbocycles. The SMILES string of the molecule is Cc1cc(C#N)ccc1CN(CCO)C1CCC1. The van der Waals surface area contributed by atoms with Crippen LogP contribution in [0.15, 0.2) is 18.2 Å². The number of nitriles is 1.